The molecule has 0 radical (unpaired) electrons. The summed E-state index contributed by atoms with van der Waals surface area (Å²) in [5.41, 5.74) is 2.37. The van der Waals surface area contributed by atoms with Crippen LogP contribution in [0.25, 0.3) is 5.69 Å². The van der Waals surface area contributed by atoms with E-state index < -0.39 is 0 Å². The second-order valence-electron chi connectivity index (χ2n) is 2.79. The Bertz CT molecular complexity index is 346. The van der Waals surface area contributed by atoms with Crippen LogP contribution in [-0.4, -0.2) is 9.78 Å². The van der Waals surface area contributed by atoms with E-state index in [0.717, 1.165) is 5.69 Å². The summed E-state index contributed by atoms with van der Waals surface area (Å²) in [6, 6.07) is 10.2. The number of aryl methyl sites for hydroxylation is 1. The van der Waals surface area contributed by atoms with Crippen molar-refractivity contribution >= 4 is 0 Å². The monoisotopic (exact) mass is 188 g/mol. The molecule has 2 rings (SSSR count). The van der Waals surface area contributed by atoms with Crippen LogP contribution in [0, 0.1) is 6.92 Å². The van der Waals surface area contributed by atoms with E-state index in [2.05, 4.69) is 36.3 Å². The first-order valence-electron chi connectivity index (χ1n) is 4.93. The molecular weight excluding hydrogens is 172 g/mol. The molecule has 0 aliphatic carbocycles. The van der Waals surface area contributed by atoms with Crippen LogP contribution in [0.5, 0.6) is 0 Å². The van der Waals surface area contributed by atoms with Gasteiger partial charge in [-0.2, -0.15) is 5.10 Å². The van der Waals surface area contributed by atoms with Crippen molar-refractivity contribution in [1.82, 2.24) is 9.78 Å². The molecule has 0 saturated heterocycles. The van der Waals surface area contributed by atoms with Crippen LogP contribution in [0.15, 0.2) is 42.7 Å². The van der Waals surface area contributed by atoms with E-state index in [1.54, 1.807) is 6.20 Å². The average Bonchev–Trinajstić information content (AvgIpc) is 2.75. The molecule has 0 atom stereocenters. The fourth-order valence-corrected chi connectivity index (χ4v) is 1.12. The normalized spacial score (nSPS) is 9.07. The zero-order valence-electron chi connectivity index (χ0n) is 8.94. The van der Waals surface area contributed by atoms with Crippen LogP contribution < -0.4 is 0 Å². The Morgan fingerprint density at radius 3 is 2.21 bits per heavy atom. The summed E-state index contributed by atoms with van der Waals surface area (Å²) >= 11 is 0. The number of hydrogen-bond donors (Lipinski definition) is 0. The van der Waals surface area contributed by atoms with E-state index >= 15 is 0 Å². The zero-order valence-corrected chi connectivity index (χ0v) is 8.94. The number of hydrogen-bond acceptors (Lipinski definition) is 1. The molecule has 74 valence electrons. The molecule has 14 heavy (non-hydrogen) atoms. The van der Waals surface area contributed by atoms with Crippen molar-refractivity contribution in [3.63, 3.8) is 0 Å². The van der Waals surface area contributed by atoms with Crippen LogP contribution in [0.3, 0.4) is 0 Å². The lowest BCUT2D eigenvalue weighted by Crippen LogP contribution is -1.92. The second-order valence-corrected chi connectivity index (χ2v) is 2.79. The van der Waals surface area contributed by atoms with Gasteiger partial charge >= 0.3 is 0 Å². The Kier molecular flexibility index (Phi) is 3.92. The van der Waals surface area contributed by atoms with E-state index in [9.17, 15) is 0 Å². The number of rotatable bonds is 1. The molecule has 0 saturated carbocycles. The SMILES string of the molecule is CC.Cc1ccc(-n2cccn2)cc1. The molecule has 1 aromatic heterocycles. The third-order valence-corrected chi connectivity index (χ3v) is 1.80. The van der Waals surface area contributed by atoms with Gasteiger partial charge in [0.15, 0.2) is 0 Å². The quantitative estimate of drug-likeness (QED) is 0.672. The van der Waals surface area contributed by atoms with E-state index in [0.29, 0.717) is 0 Å². The minimum Gasteiger partial charge on any atom is -0.241 e. The molecule has 2 aromatic rings. The maximum Gasteiger partial charge on any atom is 0.0645 e. The summed E-state index contributed by atoms with van der Waals surface area (Å²) in [4.78, 5) is 0. The molecule has 0 spiro atoms. The van der Waals surface area contributed by atoms with Crippen molar-refractivity contribution in [1.29, 1.82) is 0 Å². The molecule has 2 nitrogen and oxygen atoms in total. The minimum absolute atomic E-state index is 1.10. The smallest absolute Gasteiger partial charge is 0.0645 e. The highest BCUT2D eigenvalue weighted by Crippen LogP contribution is 2.06. The highest BCUT2D eigenvalue weighted by atomic mass is 15.3. The van der Waals surface area contributed by atoms with E-state index in [-0.39, 0.29) is 0 Å². The molecule has 1 heterocycles. The van der Waals surface area contributed by atoms with E-state index in [4.69, 9.17) is 0 Å². The van der Waals surface area contributed by atoms with E-state index in [1.807, 2.05) is 30.8 Å². The largest absolute Gasteiger partial charge is 0.241 e. The predicted octanol–water partition coefficient (Wildman–Crippen LogP) is 3.21. The van der Waals surface area contributed by atoms with Crippen LogP contribution >= 0.6 is 0 Å². The molecule has 0 amide bonds. The first-order valence-corrected chi connectivity index (χ1v) is 4.93. The maximum atomic E-state index is 4.13. The van der Waals surface area contributed by atoms with Crippen molar-refractivity contribution in [2.75, 3.05) is 0 Å². The third kappa shape index (κ3) is 2.46. The van der Waals surface area contributed by atoms with Gasteiger partial charge in [0.05, 0.1) is 5.69 Å². The van der Waals surface area contributed by atoms with Gasteiger partial charge in [-0.3, -0.25) is 0 Å². The summed E-state index contributed by atoms with van der Waals surface area (Å²) < 4.78 is 1.85. The van der Waals surface area contributed by atoms with Gasteiger partial charge in [0.1, 0.15) is 0 Å². The van der Waals surface area contributed by atoms with Crippen molar-refractivity contribution < 1.29 is 0 Å². The zero-order chi connectivity index (χ0) is 10.4. The van der Waals surface area contributed by atoms with Gasteiger partial charge in [-0.1, -0.05) is 31.5 Å². The van der Waals surface area contributed by atoms with Gasteiger partial charge in [-0.25, -0.2) is 4.68 Å². The van der Waals surface area contributed by atoms with Gasteiger partial charge in [0.2, 0.25) is 0 Å². The molecule has 2 heteroatoms. The molecule has 0 aliphatic heterocycles. The van der Waals surface area contributed by atoms with Crippen molar-refractivity contribution in [3.05, 3.63) is 48.3 Å². The third-order valence-electron chi connectivity index (χ3n) is 1.80. The van der Waals surface area contributed by atoms with Crippen molar-refractivity contribution in [2.45, 2.75) is 20.8 Å². The molecular formula is C12H16N2. The number of aromatic nitrogens is 2. The molecule has 1 aromatic carbocycles. The lowest BCUT2D eigenvalue weighted by Gasteiger charge is -2.00. The average molecular weight is 188 g/mol. The summed E-state index contributed by atoms with van der Waals surface area (Å²) in [5.74, 6) is 0. The Balaban J connectivity index is 0.000000461. The summed E-state index contributed by atoms with van der Waals surface area (Å²) in [6.45, 7) is 6.08. The standard InChI is InChI=1S/C10H10N2.C2H6/c1-9-3-5-10(6-4-9)12-8-2-7-11-12;1-2/h2-8H,1H3;1-2H3. The lowest BCUT2D eigenvalue weighted by atomic mass is 10.2. The van der Waals surface area contributed by atoms with Gasteiger partial charge in [-0.15, -0.1) is 0 Å². The fourth-order valence-electron chi connectivity index (χ4n) is 1.12. The van der Waals surface area contributed by atoms with Crippen LogP contribution in [0.2, 0.25) is 0 Å². The number of nitrogens with zero attached hydrogens (tertiary/aromatic N) is 2. The predicted molar refractivity (Wildman–Crippen MR) is 59.6 cm³/mol. The summed E-state index contributed by atoms with van der Waals surface area (Å²) in [6.07, 6.45) is 3.71. The summed E-state index contributed by atoms with van der Waals surface area (Å²) in [5, 5.41) is 4.13. The van der Waals surface area contributed by atoms with Gasteiger partial charge in [0.25, 0.3) is 0 Å². The number of benzene rings is 1. The first-order chi connectivity index (χ1) is 6.86. The Hall–Kier alpha value is -1.57. The molecule has 0 N–H and O–H groups in total. The topological polar surface area (TPSA) is 17.8 Å². The fraction of sp³-hybridized carbons (Fsp3) is 0.250. The van der Waals surface area contributed by atoms with Crippen LogP contribution in [0.4, 0.5) is 0 Å². The Morgan fingerprint density at radius 2 is 1.71 bits per heavy atom. The van der Waals surface area contributed by atoms with Crippen LogP contribution in [0.1, 0.15) is 19.4 Å². The maximum absolute atomic E-state index is 4.13. The highest BCUT2D eigenvalue weighted by Gasteiger charge is 1.92. The Morgan fingerprint density at radius 1 is 1.07 bits per heavy atom. The summed E-state index contributed by atoms with van der Waals surface area (Å²) in [7, 11) is 0. The highest BCUT2D eigenvalue weighted by molar-refractivity contribution is 5.33. The van der Waals surface area contributed by atoms with Crippen molar-refractivity contribution in [2.24, 2.45) is 0 Å². The van der Waals surface area contributed by atoms with Gasteiger partial charge < -0.3 is 0 Å². The molecule has 0 bridgehead atoms. The molecule has 0 unspecified atom stereocenters. The second kappa shape index (κ2) is 5.22. The minimum atomic E-state index is 1.10. The molecule has 0 fully saturated rings. The van der Waals surface area contributed by atoms with Crippen LogP contribution in [-0.2, 0) is 0 Å². The van der Waals surface area contributed by atoms with Gasteiger partial charge in [-0.05, 0) is 25.1 Å². The van der Waals surface area contributed by atoms with E-state index in [1.165, 1.54) is 5.56 Å². The Labute approximate surface area is 85.2 Å². The van der Waals surface area contributed by atoms with Gasteiger partial charge in [0, 0.05) is 12.4 Å². The molecule has 0 aliphatic rings. The lowest BCUT2D eigenvalue weighted by molar-refractivity contribution is 0.880. The first kappa shape index (κ1) is 10.5. The van der Waals surface area contributed by atoms with Crippen molar-refractivity contribution in [3.8, 4) is 5.69 Å².